The molecule has 1 fully saturated rings. The normalized spacial score (nSPS) is 26.8. The van der Waals surface area contributed by atoms with Crippen LogP contribution in [0, 0.1) is 5.92 Å². The minimum Gasteiger partial charge on any atom is -0.400 e. The Bertz CT molecular complexity index is 311. The lowest BCUT2D eigenvalue weighted by Gasteiger charge is -2.33. The van der Waals surface area contributed by atoms with Gasteiger partial charge in [0.2, 0.25) is 5.91 Å². The monoisotopic (exact) mass is 240 g/mol. The molecule has 2 aliphatic heterocycles. The van der Waals surface area contributed by atoms with Gasteiger partial charge in [0.05, 0.1) is 13.2 Å². The second kappa shape index (κ2) is 5.48. The van der Waals surface area contributed by atoms with E-state index in [0.29, 0.717) is 32.7 Å². The third kappa shape index (κ3) is 3.42. The van der Waals surface area contributed by atoms with Crippen LogP contribution in [0.1, 0.15) is 6.42 Å². The topological polar surface area (TPSA) is 84.8 Å². The first-order chi connectivity index (χ1) is 8.15. The van der Waals surface area contributed by atoms with E-state index in [-0.39, 0.29) is 11.8 Å². The molecule has 2 rings (SSSR count). The van der Waals surface area contributed by atoms with Gasteiger partial charge >= 0.3 is 0 Å². The molecule has 2 aliphatic rings. The Morgan fingerprint density at radius 3 is 2.76 bits per heavy atom. The van der Waals surface area contributed by atoms with E-state index in [1.54, 1.807) is 5.01 Å². The zero-order chi connectivity index (χ0) is 12.3. The third-order valence-corrected chi connectivity index (χ3v) is 3.15. The molecule has 0 radical (unpaired) electrons. The summed E-state index contributed by atoms with van der Waals surface area (Å²) in [4.78, 5) is 13.9. The van der Waals surface area contributed by atoms with Crippen molar-refractivity contribution in [3.05, 3.63) is 11.8 Å². The Morgan fingerprint density at radius 1 is 1.41 bits per heavy atom. The summed E-state index contributed by atoms with van der Waals surface area (Å²) in [6, 6.07) is 0. The molecule has 6 nitrogen and oxygen atoms in total. The molecule has 0 aromatic carbocycles. The second-order valence-corrected chi connectivity index (χ2v) is 4.64. The highest BCUT2D eigenvalue weighted by Crippen LogP contribution is 2.15. The van der Waals surface area contributed by atoms with E-state index in [9.17, 15) is 4.79 Å². The number of rotatable bonds is 2. The summed E-state index contributed by atoms with van der Waals surface area (Å²) in [5.74, 6) is 5.93. The summed E-state index contributed by atoms with van der Waals surface area (Å²) >= 11 is 0. The summed E-state index contributed by atoms with van der Waals surface area (Å²) in [5.41, 5.74) is 6.41. The van der Waals surface area contributed by atoms with Gasteiger partial charge in [-0.25, -0.2) is 5.01 Å². The zero-order valence-electron chi connectivity index (χ0n) is 9.97. The van der Waals surface area contributed by atoms with Crippen molar-refractivity contribution in [1.29, 1.82) is 0 Å². The molecule has 0 bridgehead atoms. The molecule has 0 spiro atoms. The van der Waals surface area contributed by atoms with Crippen molar-refractivity contribution < 1.29 is 9.53 Å². The Hall–Kier alpha value is -1.11. The number of hydrogen-bond acceptors (Lipinski definition) is 5. The lowest BCUT2D eigenvalue weighted by molar-refractivity contribution is -0.134. The Morgan fingerprint density at radius 2 is 2.12 bits per heavy atom. The molecule has 96 valence electrons. The number of carbonyl (C=O) groups excluding carboxylic acids is 1. The molecular formula is C11H20N4O2. The van der Waals surface area contributed by atoms with Crippen molar-refractivity contribution in [2.45, 2.75) is 6.42 Å². The molecule has 6 heteroatoms. The fourth-order valence-electron chi connectivity index (χ4n) is 2.17. The van der Waals surface area contributed by atoms with E-state index in [0.717, 1.165) is 18.8 Å². The number of hydrazine groups is 1. The van der Waals surface area contributed by atoms with Gasteiger partial charge in [-0.2, -0.15) is 0 Å². The highest BCUT2D eigenvalue weighted by atomic mass is 16.5. The standard InChI is InChI=1S/C11H20N4O2/c12-10-5-9(7-17-8-10)6-11(16)14-1-3-15(13)4-2-14/h5,9H,1-4,6-8,12-13H2. The number of ether oxygens (including phenoxy) is 1. The molecule has 17 heavy (non-hydrogen) atoms. The highest BCUT2D eigenvalue weighted by molar-refractivity contribution is 5.76. The van der Waals surface area contributed by atoms with E-state index in [1.165, 1.54) is 0 Å². The van der Waals surface area contributed by atoms with Crippen LogP contribution in [0.4, 0.5) is 0 Å². The predicted molar refractivity (Wildman–Crippen MR) is 63.5 cm³/mol. The first-order valence-electron chi connectivity index (χ1n) is 5.96. The fourth-order valence-corrected chi connectivity index (χ4v) is 2.17. The molecule has 0 aromatic rings. The number of amides is 1. The van der Waals surface area contributed by atoms with Crippen molar-refractivity contribution in [2.24, 2.45) is 17.5 Å². The third-order valence-electron chi connectivity index (χ3n) is 3.15. The van der Waals surface area contributed by atoms with Crippen LogP contribution < -0.4 is 11.6 Å². The number of nitrogens with zero attached hydrogens (tertiary/aromatic N) is 2. The molecule has 1 amide bonds. The molecule has 1 unspecified atom stereocenters. The number of hydrogen-bond donors (Lipinski definition) is 2. The van der Waals surface area contributed by atoms with Crippen LogP contribution in [0.5, 0.6) is 0 Å². The van der Waals surface area contributed by atoms with E-state index in [2.05, 4.69) is 0 Å². The molecule has 2 heterocycles. The Balaban J connectivity index is 1.82. The van der Waals surface area contributed by atoms with Crippen molar-refractivity contribution in [3.8, 4) is 0 Å². The number of piperazine rings is 1. The second-order valence-electron chi connectivity index (χ2n) is 4.64. The summed E-state index contributed by atoms with van der Waals surface area (Å²) in [6.45, 7) is 3.97. The number of nitrogens with two attached hydrogens (primary N) is 2. The molecular weight excluding hydrogens is 220 g/mol. The lowest BCUT2D eigenvalue weighted by atomic mass is 10.0. The first-order valence-corrected chi connectivity index (χ1v) is 5.96. The van der Waals surface area contributed by atoms with Crippen LogP contribution in [-0.2, 0) is 9.53 Å². The van der Waals surface area contributed by atoms with Crippen LogP contribution >= 0.6 is 0 Å². The number of carbonyl (C=O) groups is 1. The average molecular weight is 240 g/mol. The highest BCUT2D eigenvalue weighted by Gasteiger charge is 2.23. The lowest BCUT2D eigenvalue weighted by Crippen LogP contribution is -2.51. The van der Waals surface area contributed by atoms with Crippen LogP contribution in [0.15, 0.2) is 11.8 Å². The fraction of sp³-hybridized carbons (Fsp3) is 0.727. The van der Waals surface area contributed by atoms with Crippen LogP contribution in [0.2, 0.25) is 0 Å². The predicted octanol–water partition coefficient (Wildman–Crippen LogP) is -1.12. The van der Waals surface area contributed by atoms with Crippen molar-refractivity contribution in [1.82, 2.24) is 9.91 Å². The van der Waals surface area contributed by atoms with Gasteiger partial charge in [0.25, 0.3) is 0 Å². The zero-order valence-corrected chi connectivity index (χ0v) is 9.97. The Kier molecular flexibility index (Phi) is 3.98. The van der Waals surface area contributed by atoms with Gasteiger partial charge in [0.15, 0.2) is 0 Å². The van der Waals surface area contributed by atoms with Gasteiger partial charge in [-0.05, 0) is 0 Å². The molecule has 1 atom stereocenters. The maximum Gasteiger partial charge on any atom is 0.223 e. The molecule has 0 aliphatic carbocycles. The first kappa shape index (κ1) is 12.3. The van der Waals surface area contributed by atoms with Crippen molar-refractivity contribution >= 4 is 5.91 Å². The largest absolute Gasteiger partial charge is 0.400 e. The summed E-state index contributed by atoms with van der Waals surface area (Å²) < 4.78 is 5.31. The van der Waals surface area contributed by atoms with E-state index in [4.69, 9.17) is 16.3 Å². The van der Waals surface area contributed by atoms with E-state index >= 15 is 0 Å². The average Bonchev–Trinajstić information content (AvgIpc) is 2.29. The molecule has 1 saturated heterocycles. The van der Waals surface area contributed by atoms with Gasteiger partial charge < -0.3 is 15.4 Å². The molecule has 0 aromatic heterocycles. The summed E-state index contributed by atoms with van der Waals surface area (Å²) in [6.07, 6.45) is 2.42. The quantitative estimate of drug-likeness (QED) is 0.597. The van der Waals surface area contributed by atoms with E-state index in [1.807, 2.05) is 11.0 Å². The van der Waals surface area contributed by atoms with Crippen LogP contribution in [-0.4, -0.2) is 55.2 Å². The minimum atomic E-state index is 0.118. The van der Waals surface area contributed by atoms with Crippen LogP contribution in [0.25, 0.3) is 0 Å². The van der Waals surface area contributed by atoms with Gasteiger partial charge in [-0.1, -0.05) is 6.08 Å². The maximum atomic E-state index is 12.0. The molecule has 0 saturated carbocycles. The summed E-state index contributed by atoms with van der Waals surface area (Å²) in [7, 11) is 0. The maximum absolute atomic E-state index is 12.0. The van der Waals surface area contributed by atoms with Gasteiger partial charge in [-0.3, -0.25) is 10.6 Å². The smallest absolute Gasteiger partial charge is 0.223 e. The SMILES string of the molecule is NC1=CC(CC(=O)N2CCN(N)CC2)COC1. The summed E-state index contributed by atoms with van der Waals surface area (Å²) in [5, 5.41) is 1.74. The van der Waals surface area contributed by atoms with Crippen LogP contribution in [0.3, 0.4) is 0 Å². The van der Waals surface area contributed by atoms with Gasteiger partial charge in [-0.15, -0.1) is 0 Å². The minimum absolute atomic E-state index is 0.118. The van der Waals surface area contributed by atoms with Gasteiger partial charge in [0.1, 0.15) is 0 Å². The molecule has 4 N–H and O–H groups in total. The Labute approximate surface area is 101 Å². The van der Waals surface area contributed by atoms with Crippen molar-refractivity contribution in [2.75, 3.05) is 39.4 Å². The van der Waals surface area contributed by atoms with Crippen molar-refractivity contribution in [3.63, 3.8) is 0 Å². The van der Waals surface area contributed by atoms with E-state index < -0.39 is 0 Å². The van der Waals surface area contributed by atoms with Gasteiger partial charge in [0, 0.05) is 44.2 Å².